The van der Waals surface area contributed by atoms with Gasteiger partial charge >= 0.3 is 17.9 Å². The molecule has 0 saturated heterocycles. The van der Waals surface area contributed by atoms with Gasteiger partial charge in [-0.15, -0.1) is 0 Å². The van der Waals surface area contributed by atoms with Crippen molar-refractivity contribution in [3.8, 4) is 0 Å². The largest absolute Gasteiger partial charge is 0.462 e. The molecule has 66 heavy (non-hydrogen) atoms. The molecule has 0 heterocycles. The molecule has 0 bridgehead atoms. The Morgan fingerprint density at radius 2 is 0.621 bits per heavy atom. The highest BCUT2D eigenvalue weighted by Gasteiger charge is 2.19. The second-order valence-electron chi connectivity index (χ2n) is 17.0. The van der Waals surface area contributed by atoms with Crippen LogP contribution in [0.2, 0.25) is 0 Å². The predicted molar refractivity (Wildman–Crippen MR) is 283 cm³/mol. The number of esters is 3. The first-order valence-corrected chi connectivity index (χ1v) is 26.5. The maximum Gasteiger partial charge on any atom is 0.306 e. The van der Waals surface area contributed by atoms with Crippen LogP contribution < -0.4 is 0 Å². The number of allylic oxidation sites excluding steroid dienone is 20. The monoisotopic (exact) mass is 913 g/mol. The lowest BCUT2D eigenvalue weighted by Crippen LogP contribution is -2.30. The Morgan fingerprint density at radius 1 is 0.318 bits per heavy atom. The zero-order valence-corrected chi connectivity index (χ0v) is 42.4. The van der Waals surface area contributed by atoms with Crippen LogP contribution in [0.25, 0.3) is 0 Å². The second kappa shape index (κ2) is 53.4. The number of hydrogen-bond donors (Lipinski definition) is 0. The van der Waals surface area contributed by atoms with E-state index in [9.17, 15) is 14.4 Å². The molecular weight excluding hydrogens is 817 g/mol. The molecule has 0 aliphatic heterocycles. The average Bonchev–Trinajstić information content (AvgIpc) is 3.31. The highest BCUT2D eigenvalue weighted by Crippen LogP contribution is 2.13. The van der Waals surface area contributed by atoms with E-state index in [0.717, 1.165) is 128 Å². The molecule has 1 unspecified atom stereocenters. The Hall–Kier alpha value is -4.19. The summed E-state index contributed by atoms with van der Waals surface area (Å²) in [4.78, 5) is 38.0. The highest BCUT2D eigenvalue weighted by molar-refractivity contribution is 5.71. The molecule has 0 radical (unpaired) electrons. The van der Waals surface area contributed by atoms with E-state index in [1.807, 2.05) is 12.2 Å². The Kier molecular flexibility index (Phi) is 50.0. The van der Waals surface area contributed by atoms with Gasteiger partial charge < -0.3 is 14.2 Å². The van der Waals surface area contributed by atoms with E-state index in [1.165, 1.54) is 44.9 Å². The summed E-state index contributed by atoms with van der Waals surface area (Å²) in [5.74, 6) is -1.03. The van der Waals surface area contributed by atoms with Crippen molar-refractivity contribution in [1.29, 1.82) is 0 Å². The topological polar surface area (TPSA) is 78.9 Å². The Bertz CT molecular complexity index is 1420. The number of carbonyl (C=O) groups excluding carboxylic acids is 3. The normalized spacial score (nSPS) is 13.1. The maximum atomic E-state index is 12.8. The van der Waals surface area contributed by atoms with E-state index >= 15 is 0 Å². The van der Waals surface area contributed by atoms with Crippen molar-refractivity contribution in [3.05, 3.63) is 122 Å². The lowest BCUT2D eigenvalue weighted by atomic mass is 10.1. The minimum atomic E-state index is -0.822. The minimum Gasteiger partial charge on any atom is -0.462 e. The molecule has 0 aromatic rings. The third-order valence-electron chi connectivity index (χ3n) is 10.7. The van der Waals surface area contributed by atoms with Gasteiger partial charge in [0.1, 0.15) is 13.2 Å². The zero-order valence-electron chi connectivity index (χ0n) is 42.4. The van der Waals surface area contributed by atoms with Crippen LogP contribution in [-0.2, 0) is 28.6 Å². The van der Waals surface area contributed by atoms with Crippen LogP contribution >= 0.6 is 0 Å². The van der Waals surface area contributed by atoms with Crippen molar-refractivity contribution in [2.24, 2.45) is 0 Å². The van der Waals surface area contributed by atoms with Crippen LogP contribution in [0, 0.1) is 0 Å². The third kappa shape index (κ3) is 50.8. The molecule has 1 atom stereocenters. The average molecular weight is 913 g/mol. The van der Waals surface area contributed by atoms with Crippen LogP contribution in [0.5, 0.6) is 0 Å². The van der Waals surface area contributed by atoms with Crippen molar-refractivity contribution in [1.82, 2.24) is 0 Å². The van der Waals surface area contributed by atoms with E-state index in [4.69, 9.17) is 14.2 Å². The first-order chi connectivity index (χ1) is 32.5. The molecule has 0 fully saturated rings. The smallest absolute Gasteiger partial charge is 0.306 e. The third-order valence-corrected chi connectivity index (χ3v) is 10.7. The van der Waals surface area contributed by atoms with E-state index in [0.29, 0.717) is 19.3 Å². The summed E-state index contributed by atoms with van der Waals surface area (Å²) in [5.41, 5.74) is 0. The van der Waals surface area contributed by atoms with Gasteiger partial charge in [-0.2, -0.15) is 0 Å². The molecule has 372 valence electrons. The zero-order chi connectivity index (χ0) is 47.9. The quantitative estimate of drug-likeness (QED) is 0.0262. The molecular formula is C60H96O6. The van der Waals surface area contributed by atoms with Crippen LogP contribution in [0.1, 0.15) is 220 Å². The molecule has 0 spiro atoms. The number of unbranched alkanes of at least 4 members (excludes halogenated alkanes) is 15. The second-order valence-corrected chi connectivity index (χ2v) is 17.0. The number of ether oxygens (including phenoxy) is 3. The van der Waals surface area contributed by atoms with Crippen molar-refractivity contribution in [3.63, 3.8) is 0 Å². The van der Waals surface area contributed by atoms with Crippen molar-refractivity contribution < 1.29 is 28.6 Å². The minimum absolute atomic E-state index is 0.117. The number of rotatable bonds is 46. The SMILES string of the molecule is CC/C=C\C/C=C\C/C=C\C/C=C\C/C=C\CCCCCCCC(=O)OCC(COC(=O)CC/C=C\C/C=C\C/C=C\C/C=C\CC)OC(=O)CCCCCCC/C=C\CCCCCCC. The molecule has 6 heteroatoms. The fraction of sp³-hybridized carbons (Fsp3) is 0.617. The van der Waals surface area contributed by atoms with Crippen molar-refractivity contribution >= 4 is 17.9 Å². The van der Waals surface area contributed by atoms with Gasteiger partial charge in [0, 0.05) is 19.3 Å². The highest BCUT2D eigenvalue weighted by atomic mass is 16.6. The standard InChI is InChI=1S/C60H96O6/c1-4-7-10-13-16-19-22-25-27-28-29-30-31-32-33-36-38-41-44-47-50-53-59(62)65-56-57(55-64-58(61)52-49-46-43-40-37-34-24-21-18-15-12-9-6-3)66-60(63)54-51-48-45-42-39-35-26-23-20-17-14-11-8-5-2/h7,9-10,12,16,18-19,21,23,25-27,29-30,32-34,37,43,46,57H,4-6,8,11,13-15,17,20,22,24,28,31,35-36,38-42,44-45,47-56H2,1-3H3/b10-7-,12-9-,19-16-,21-18-,26-23-,27-25-,30-29-,33-32-,37-34-,46-43-. The maximum absolute atomic E-state index is 12.8. The summed E-state index contributed by atoms with van der Waals surface area (Å²) in [6, 6.07) is 0. The van der Waals surface area contributed by atoms with Crippen molar-refractivity contribution in [2.75, 3.05) is 13.2 Å². The summed E-state index contributed by atoms with van der Waals surface area (Å²) in [7, 11) is 0. The molecule has 0 aromatic heterocycles. The van der Waals surface area contributed by atoms with E-state index in [2.05, 4.69) is 130 Å². The first kappa shape index (κ1) is 61.8. The number of hydrogen-bond acceptors (Lipinski definition) is 6. The van der Waals surface area contributed by atoms with Gasteiger partial charge in [0.2, 0.25) is 0 Å². The van der Waals surface area contributed by atoms with Crippen LogP contribution in [0.15, 0.2) is 122 Å². The van der Waals surface area contributed by atoms with Gasteiger partial charge in [-0.05, 0) is 116 Å². The summed E-state index contributed by atoms with van der Waals surface area (Å²) in [5, 5.41) is 0. The Balaban J connectivity index is 4.49. The van der Waals surface area contributed by atoms with E-state index < -0.39 is 6.10 Å². The molecule has 0 saturated carbocycles. The van der Waals surface area contributed by atoms with Gasteiger partial charge in [0.15, 0.2) is 6.10 Å². The molecule has 0 N–H and O–H groups in total. The summed E-state index contributed by atoms with van der Waals surface area (Å²) in [6.07, 6.45) is 73.4. The van der Waals surface area contributed by atoms with Gasteiger partial charge in [0.05, 0.1) is 0 Å². The fourth-order valence-electron chi connectivity index (χ4n) is 6.77. The van der Waals surface area contributed by atoms with E-state index in [-0.39, 0.29) is 37.5 Å². The molecule has 6 nitrogen and oxygen atoms in total. The van der Waals surface area contributed by atoms with Crippen molar-refractivity contribution in [2.45, 2.75) is 226 Å². The van der Waals surface area contributed by atoms with Crippen LogP contribution in [0.4, 0.5) is 0 Å². The van der Waals surface area contributed by atoms with Gasteiger partial charge in [-0.1, -0.05) is 206 Å². The lowest BCUT2D eigenvalue weighted by Gasteiger charge is -2.18. The molecule has 0 rings (SSSR count). The Morgan fingerprint density at radius 3 is 1.03 bits per heavy atom. The summed E-state index contributed by atoms with van der Waals surface area (Å²) >= 11 is 0. The van der Waals surface area contributed by atoms with Gasteiger partial charge in [-0.25, -0.2) is 0 Å². The van der Waals surface area contributed by atoms with Gasteiger partial charge in [0.25, 0.3) is 0 Å². The molecule has 0 aromatic carbocycles. The molecule has 0 amide bonds. The predicted octanol–water partition coefficient (Wildman–Crippen LogP) is 17.7. The number of carbonyl (C=O) groups is 3. The fourth-order valence-corrected chi connectivity index (χ4v) is 6.77. The molecule has 0 aliphatic rings. The lowest BCUT2D eigenvalue weighted by molar-refractivity contribution is -0.166. The molecule has 0 aliphatic carbocycles. The Labute approximate surface area is 405 Å². The first-order valence-electron chi connectivity index (χ1n) is 26.5. The van der Waals surface area contributed by atoms with Crippen LogP contribution in [-0.4, -0.2) is 37.2 Å². The van der Waals surface area contributed by atoms with Crippen LogP contribution in [0.3, 0.4) is 0 Å². The summed E-state index contributed by atoms with van der Waals surface area (Å²) < 4.78 is 16.7. The van der Waals surface area contributed by atoms with Gasteiger partial charge in [-0.3, -0.25) is 14.4 Å². The summed E-state index contributed by atoms with van der Waals surface area (Å²) in [6.45, 7) is 6.29. The van der Waals surface area contributed by atoms with E-state index in [1.54, 1.807) is 0 Å².